The van der Waals surface area contributed by atoms with E-state index in [-0.39, 0.29) is 35.8 Å². The lowest BCUT2D eigenvalue weighted by atomic mass is 10.1. The molecule has 0 aromatic heterocycles. The standard InChI is InChI=1S/C22H24F2O6/c23-17-13-15(25)9-11-19(17)29-21(27)7-5-3-1-2-4-6-8-22(28)30-20-12-10-16(26)14-18(20)24/h9-14,25-26H,1-8H2. The monoisotopic (exact) mass is 422 g/mol. The first-order valence-electron chi connectivity index (χ1n) is 9.73. The third-order valence-corrected chi connectivity index (χ3v) is 4.29. The van der Waals surface area contributed by atoms with Crippen LogP contribution in [0.3, 0.4) is 0 Å². The molecule has 0 bridgehead atoms. The number of rotatable bonds is 11. The summed E-state index contributed by atoms with van der Waals surface area (Å²) in [5.74, 6) is -3.58. The van der Waals surface area contributed by atoms with Gasteiger partial charge in [-0.1, -0.05) is 25.7 Å². The summed E-state index contributed by atoms with van der Waals surface area (Å²) in [6.45, 7) is 0. The van der Waals surface area contributed by atoms with E-state index in [2.05, 4.69) is 0 Å². The fourth-order valence-electron chi connectivity index (χ4n) is 2.74. The molecule has 6 nitrogen and oxygen atoms in total. The van der Waals surface area contributed by atoms with E-state index >= 15 is 0 Å². The molecular formula is C22H24F2O6. The molecule has 162 valence electrons. The molecule has 0 aliphatic heterocycles. The van der Waals surface area contributed by atoms with E-state index in [0.717, 1.165) is 37.8 Å². The summed E-state index contributed by atoms with van der Waals surface area (Å²) in [6.07, 6.45) is 4.81. The van der Waals surface area contributed by atoms with E-state index in [1.165, 1.54) is 24.3 Å². The van der Waals surface area contributed by atoms with Crippen molar-refractivity contribution in [2.45, 2.75) is 51.4 Å². The van der Waals surface area contributed by atoms with Gasteiger partial charge in [0.25, 0.3) is 0 Å². The lowest BCUT2D eigenvalue weighted by molar-refractivity contribution is -0.135. The van der Waals surface area contributed by atoms with Gasteiger partial charge in [0.05, 0.1) is 0 Å². The number of esters is 2. The Morgan fingerprint density at radius 2 is 1.03 bits per heavy atom. The van der Waals surface area contributed by atoms with Crippen molar-refractivity contribution in [3.63, 3.8) is 0 Å². The Morgan fingerprint density at radius 3 is 1.40 bits per heavy atom. The number of phenols is 2. The SMILES string of the molecule is O=C(CCCCCCCCC(=O)Oc1ccc(O)cc1F)Oc1ccc(O)cc1F. The molecular weight excluding hydrogens is 398 g/mol. The quantitative estimate of drug-likeness (QED) is 0.300. The lowest BCUT2D eigenvalue weighted by Gasteiger charge is -2.06. The second-order valence-corrected chi connectivity index (χ2v) is 6.80. The number of hydrogen-bond acceptors (Lipinski definition) is 6. The molecule has 0 aliphatic carbocycles. The second kappa shape index (κ2) is 11.7. The van der Waals surface area contributed by atoms with Crippen molar-refractivity contribution in [3.8, 4) is 23.0 Å². The lowest BCUT2D eigenvalue weighted by Crippen LogP contribution is -2.09. The van der Waals surface area contributed by atoms with Crippen LogP contribution in [-0.4, -0.2) is 22.2 Å². The first-order valence-corrected chi connectivity index (χ1v) is 9.73. The van der Waals surface area contributed by atoms with Crippen LogP contribution < -0.4 is 9.47 Å². The molecule has 0 aliphatic rings. The molecule has 0 saturated heterocycles. The first-order chi connectivity index (χ1) is 14.3. The molecule has 0 atom stereocenters. The van der Waals surface area contributed by atoms with Crippen molar-refractivity contribution in [1.29, 1.82) is 0 Å². The van der Waals surface area contributed by atoms with Gasteiger partial charge in [0.2, 0.25) is 0 Å². The first kappa shape index (κ1) is 23.1. The van der Waals surface area contributed by atoms with Crippen LogP contribution in [0.15, 0.2) is 36.4 Å². The maximum absolute atomic E-state index is 13.5. The van der Waals surface area contributed by atoms with Gasteiger partial charge in [0, 0.05) is 25.0 Å². The molecule has 8 heteroatoms. The van der Waals surface area contributed by atoms with E-state index < -0.39 is 23.6 Å². The number of ether oxygens (including phenoxy) is 2. The van der Waals surface area contributed by atoms with Crippen LogP contribution in [0.25, 0.3) is 0 Å². The highest BCUT2D eigenvalue weighted by molar-refractivity contribution is 5.72. The molecule has 0 heterocycles. The molecule has 2 N–H and O–H groups in total. The Bertz CT molecular complexity index is 797. The van der Waals surface area contributed by atoms with Gasteiger partial charge in [-0.3, -0.25) is 9.59 Å². The van der Waals surface area contributed by atoms with Gasteiger partial charge < -0.3 is 19.7 Å². The summed E-state index contributed by atoms with van der Waals surface area (Å²) >= 11 is 0. The predicted molar refractivity (Wildman–Crippen MR) is 104 cm³/mol. The van der Waals surface area contributed by atoms with E-state index in [1.807, 2.05) is 0 Å². The van der Waals surface area contributed by atoms with Gasteiger partial charge in [0.1, 0.15) is 11.5 Å². The van der Waals surface area contributed by atoms with Gasteiger partial charge in [-0.25, -0.2) is 8.78 Å². The van der Waals surface area contributed by atoms with Crippen molar-refractivity contribution in [2.75, 3.05) is 0 Å². The fraction of sp³-hybridized carbons (Fsp3) is 0.364. The van der Waals surface area contributed by atoms with Gasteiger partial charge in [-0.2, -0.15) is 0 Å². The number of halogens is 2. The Labute approximate surface area is 173 Å². The number of carbonyl (C=O) groups excluding carboxylic acids is 2. The van der Waals surface area contributed by atoms with Crippen LogP contribution in [0.1, 0.15) is 51.4 Å². The zero-order chi connectivity index (χ0) is 21.9. The Hall–Kier alpha value is -3.16. The minimum Gasteiger partial charge on any atom is -0.508 e. The second-order valence-electron chi connectivity index (χ2n) is 6.80. The third-order valence-electron chi connectivity index (χ3n) is 4.29. The molecule has 30 heavy (non-hydrogen) atoms. The third kappa shape index (κ3) is 8.06. The van der Waals surface area contributed by atoms with Crippen LogP contribution in [-0.2, 0) is 9.59 Å². The predicted octanol–water partition coefficient (Wildman–Crippen LogP) is 5.01. The number of aromatic hydroxyl groups is 2. The zero-order valence-electron chi connectivity index (χ0n) is 16.4. The summed E-state index contributed by atoms with van der Waals surface area (Å²) < 4.78 is 36.8. The molecule has 0 fully saturated rings. The van der Waals surface area contributed by atoms with Crippen molar-refractivity contribution >= 4 is 11.9 Å². The zero-order valence-corrected chi connectivity index (χ0v) is 16.4. The van der Waals surface area contributed by atoms with Crippen LogP contribution >= 0.6 is 0 Å². The summed E-state index contributed by atoms with van der Waals surface area (Å²) in [4.78, 5) is 23.4. The molecule has 2 rings (SSSR count). The van der Waals surface area contributed by atoms with Crippen LogP contribution in [0, 0.1) is 11.6 Å². The highest BCUT2D eigenvalue weighted by atomic mass is 19.1. The van der Waals surface area contributed by atoms with E-state index in [4.69, 9.17) is 19.7 Å². The average molecular weight is 422 g/mol. The summed E-state index contributed by atoms with van der Waals surface area (Å²) in [7, 11) is 0. The number of phenolic OH excluding ortho intramolecular Hbond substituents is 2. The van der Waals surface area contributed by atoms with Crippen LogP contribution in [0.4, 0.5) is 8.78 Å². The van der Waals surface area contributed by atoms with Crippen molar-refractivity contribution in [1.82, 2.24) is 0 Å². The fourth-order valence-corrected chi connectivity index (χ4v) is 2.74. The number of hydrogen-bond donors (Lipinski definition) is 2. The maximum atomic E-state index is 13.5. The molecule has 0 saturated carbocycles. The summed E-state index contributed by atoms with van der Waals surface area (Å²) in [5, 5.41) is 18.2. The molecule has 2 aromatic rings. The van der Waals surface area contributed by atoms with E-state index in [0.29, 0.717) is 12.8 Å². The molecule has 2 aromatic carbocycles. The minimum absolute atomic E-state index is 0.158. The minimum atomic E-state index is -0.796. The summed E-state index contributed by atoms with van der Waals surface area (Å²) in [5.41, 5.74) is 0. The highest BCUT2D eigenvalue weighted by Crippen LogP contribution is 2.23. The number of benzene rings is 2. The van der Waals surface area contributed by atoms with Crippen molar-refractivity contribution in [2.24, 2.45) is 0 Å². The largest absolute Gasteiger partial charge is 0.508 e. The smallest absolute Gasteiger partial charge is 0.311 e. The molecule has 0 amide bonds. The van der Waals surface area contributed by atoms with Crippen molar-refractivity contribution in [3.05, 3.63) is 48.0 Å². The van der Waals surface area contributed by atoms with Crippen LogP contribution in [0.2, 0.25) is 0 Å². The topological polar surface area (TPSA) is 93.1 Å². The molecule has 0 spiro atoms. The van der Waals surface area contributed by atoms with E-state index in [1.54, 1.807) is 0 Å². The molecule has 0 unspecified atom stereocenters. The van der Waals surface area contributed by atoms with E-state index in [9.17, 15) is 18.4 Å². The summed E-state index contributed by atoms with van der Waals surface area (Å²) in [6, 6.07) is 6.62. The Kier molecular flexibility index (Phi) is 9.05. The number of unbranched alkanes of at least 4 members (excludes halogenated alkanes) is 5. The molecule has 0 radical (unpaired) electrons. The Morgan fingerprint density at radius 1 is 0.667 bits per heavy atom. The van der Waals surface area contributed by atoms with Crippen molar-refractivity contribution < 1.29 is 38.1 Å². The van der Waals surface area contributed by atoms with Gasteiger partial charge in [-0.05, 0) is 37.1 Å². The van der Waals surface area contributed by atoms with Gasteiger partial charge in [0.15, 0.2) is 23.1 Å². The maximum Gasteiger partial charge on any atom is 0.311 e. The highest BCUT2D eigenvalue weighted by Gasteiger charge is 2.11. The van der Waals surface area contributed by atoms with Gasteiger partial charge >= 0.3 is 11.9 Å². The van der Waals surface area contributed by atoms with Gasteiger partial charge in [-0.15, -0.1) is 0 Å². The average Bonchev–Trinajstić information content (AvgIpc) is 2.68. The Balaban J connectivity index is 1.51. The number of carbonyl (C=O) groups is 2. The van der Waals surface area contributed by atoms with Crippen LogP contribution in [0.5, 0.6) is 23.0 Å². The normalized spacial score (nSPS) is 10.6.